The molecule has 0 saturated carbocycles. The topological polar surface area (TPSA) is 78.4 Å². The van der Waals surface area contributed by atoms with E-state index in [0.717, 1.165) is 30.8 Å². The molecule has 0 aromatic rings. The number of hydrogen-bond acceptors (Lipinski definition) is 3. The molecule has 0 bridgehead atoms. The first-order valence-electron chi connectivity index (χ1n) is 7.52. The normalized spacial score (nSPS) is 11.7. The Bertz CT molecular complexity index is 311. The number of carboxylic acids is 1. The summed E-state index contributed by atoms with van der Waals surface area (Å²) in [4.78, 5) is 22.1. The molecule has 0 saturated heterocycles. The minimum atomic E-state index is -0.751. The molecule has 0 aliphatic heterocycles. The van der Waals surface area contributed by atoms with Crippen molar-refractivity contribution < 1.29 is 14.7 Å². The van der Waals surface area contributed by atoms with Crippen LogP contribution in [0.3, 0.4) is 0 Å². The number of thioether (sulfide) groups is 1. The zero-order chi connectivity index (χ0) is 15.9. The quantitative estimate of drug-likeness (QED) is 0.361. The van der Waals surface area contributed by atoms with Gasteiger partial charge in [-0.05, 0) is 18.8 Å². The molecular formula is C15H28N2O3S. The van der Waals surface area contributed by atoms with Crippen LogP contribution in [0.2, 0.25) is 0 Å². The molecule has 21 heavy (non-hydrogen) atoms. The van der Waals surface area contributed by atoms with E-state index in [9.17, 15) is 9.59 Å². The second kappa shape index (κ2) is 13.8. The molecule has 5 nitrogen and oxygen atoms in total. The maximum Gasteiger partial charge on any atom is 0.314 e. The average molecular weight is 316 g/mol. The SMILES string of the molecule is C=CCSCCNC(=O)NCCC(CCC)CCC(=O)O. The standard InChI is InChI=1S/C15H28N2O3S/c1-3-5-13(6-7-14(18)19)8-9-16-15(20)17-10-12-21-11-4-2/h4,13H,2-3,5-12H2,1H3,(H,18,19)(H2,16,17,20). The van der Waals surface area contributed by atoms with Gasteiger partial charge in [-0.1, -0.05) is 25.8 Å². The van der Waals surface area contributed by atoms with E-state index in [1.807, 2.05) is 6.08 Å². The Morgan fingerprint density at radius 1 is 1.24 bits per heavy atom. The third-order valence-electron chi connectivity index (χ3n) is 3.07. The summed E-state index contributed by atoms with van der Waals surface area (Å²) in [6.45, 7) is 6.96. The minimum Gasteiger partial charge on any atom is -0.481 e. The highest BCUT2D eigenvalue weighted by molar-refractivity contribution is 7.99. The molecule has 1 atom stereocenters. The van der Waals surface area contributed by atoms with Gasteiger partial charge in [0.05, 0.1) is 0 Å². The summed E-state index contributed by atoms with van der Waals surface area (Å²) >= 11 is 1.72. The van der Waals surface area contributed by atoms with E-state index in [4.69, 9.17) is 5.11 Å². The average Bonchev–Trinajstić information content (AvgIpc) is 2.44. The van der Waals surface area contributed by atoms with Gasteiger partial charge >= 0.3 is 12.0 Å². The summed E-state index contributed by atoms with van der Waals surface area (Å²) in [5.41, 5.74) is 0. The van der Waals surface area contributed by atoms with Crippen molar-refractivity contribution in [2.24, 2.45) is 5.92 Å². The second-order valence-corrected chi connectivity index (χ2v) is 6.07. The van der Waals surface area contributed by atoms with Gasteiger partial charge in [-0.25, -0.2) is 4.79 Å². The molecule has 0 aromatic heterocycles. The van der Waals surface area contributed by atoms with Crippen LogP contribution in [0, 0.1) is 5.92 Å². The fraction of sp³-hybridized carbons (Fsp3) is 0.733. The molecule has 0 radical (unpaired) electrons. The Morgan fingerprint density at radius 2 is 1.95 bits per heavy atom. The van der Waals surface area contributed by atoms with Gasteiger partial charge in [0.25, 0.3) is 0 Å². The summed E-state index contributed by atoms with van der Waals surface area (Å²) in [6, 6.07) is -0.150. The van der Waals surface area contributed by atoms with E-state index in [2.05, 4.69) is 24.1 Å². The lowest BCUT2D eigenvalue weighted by Crippen LogP contribution is -2.37. The molecule has 6 heteroatoms. The zero-order valence-electron chi connectivity index (χ0n) is 12.9. The van der Waals surface area contributed by atoms with Crippen LogP contribution in [-0.4, -0.2) is 41.7 Å². The van der Waals surface area contributed by atoms with E-state index in [1.54, 1.807) is 11.8 Å². The highest BCUT2D eigenvalue weighted by Crippen LogP contribution is 2.17. The lowest BCUT2D eigenvalue weighted by molar-refractivity contribution is -0.137. The second-order valence-electron chi connectivity index (χ2n) is 4.92. The Labute approximate surface area is 131 Å². The molecule has 0 heterocycles. The molecule has 1 unspecified atom stereocenters. The number of hydrogen-bond donors (Lipinski definition) is 3. The first-order valence-corrected chi connectivity index (χ1v) is 8.67. The van der Waals surface area contributed by atoms with Crippen LogP contribution >= 0.6 is 11.8 Å². The van der Waals surface area contributed by atoms with Crippen molar-refractivity contribution in [1.29, 1.82) is 0 Å². The fourth-order valence-electron chi connectivity index (χ4n) is 2.02. The smallest absolute Gasteiger partial charge is 0.314 e. The molecule has 2 amide bonds. The molecule has 0 aliphatic carbocycles. The molecule has 0 aliphatic rings. The molecule has 0 rings (SSSR count). The number of aliphatic carboxylic acids is 1. The van der Waals surface area contributed by atoms with Crippen molar-refractivity contribution in [2.45, 2.75) is 39.0 Å². The van der Waals surface area contributed by atoms with Crippen LogP contribution in [0.25, 0.3) is 0 Å². The summed E-state index contributed by atoms with van der Waals surface area (Å²) < 4.78 is 0. The van der Waals surface area contributed by atoms with Crippen molar-refractivity contribution in [1.82, 2.24) is 10.6 Å². The Balaban J connectivity index is 3.68. The van der Waals surface area contributed by atoms with Crippen LogP contribution in [-0.2, 0) is 4.79 Å². The van der Waals surface area contributed by atoms with Gasteiger partial charge in [-0.15, -0.1) is 6.58 Å². The van der Waals surface area contributed by atoms with Crippen molar-refractivity contribution >= 4 is 23.8 Å². The van der Waals surface area contributed by atoms with Gasteiger partial charge < -0.3 is 15.7 Å². The number of carboxylic acid groups (broad SMARTS) is 1. The van der Waals surface area contributed by atoms with Gasteiger partial charge in [-0.3, -0.25) is 4.79 Å². The number of rotatable bonds is 13. The van der Waals surface area contributed by atoms with Crippen LogP contribution in [0.4, 0.5) is 4.79 Å². The third-order valence-corrected chi connectivity index (χ3v) is 4.03. The van der Waals surface area contributed by atoms with E-state index in [1.165, 1.54) is 0 Å². The van der Waals surface area contributed by atoms with Crippen molar-refractivity contribution in [3.63, 3.8) is 0 Å². The van der Waals surface area contributed by atoms with Crippen LogP contribution in [0.15, 0.2) is 12.7 Å². The monoisotopic (exact) mass is 316 g/mol. The first kappa shape index (κ1) is 19.8. The number of nitrogens with one attached hydrogen (secondary N) is 2. The summed E-state index contributed by atoms with van der Waals surface area (Å²) in [7, 11) is 0. The maximum absolute atomic E-state index is 11.5. The molecule has 3 N–H and O–H groups in total. The predicted octanol–water partition coefficient (Wildman–Crippen LogP) is 2.88. The first-order chi connectivity index (χ1) is 10.1. The maximum atomic E-state index is 11.5. The Morgan fingerprint density at radius 3 is 2.57 bits per heavy atom. The predicted molar refractivity (Wildman–Crippen MR) is 88.8 cm³/mol. The van der Waals surface area contributed by atoms with Gasteiger partial charge in [0.1, 0.15) is 0 Å². The number of amides is 2. The highest BCUT2D eigenvalue weighted by Gasteiger charge is 2.10. The summed E-state index contributed by atoms with van der Waals surface area (Å²) in [6.07, 6.45) is 5.61. The zero-order valence-corrected chi connectivity index (χ0v) is 13.7. The van der Waals surface area contributed by atoms with E-state index in [0.29, 0.717) is 25.4 Å². The van der Waals surface area contributed by atoms with Crippen LogP contribution in [0.1, 0.15) is 39.0 Å². The third kappa shape index (κ3) is 13.6. The van der Waals surface area contributed by atoms with Crippen molar-refractivity contribution in [3.05, 3.63) is 12.7 Å². The van der Waals surface area contributed by atoms with Crippen LogP contribution < -0.4 is 10.6 Å². The Kier molecular flexibility index (Phi) is 13.0. The molecule has 122 valence electrons. The summed E-state index contributed by atoms with van der Waals surface area (Å²) in [5.74, 6) is 1.38. The summed E-state index contributed by atoms with van der Waals surface area (Å²) in [5, 5.41) is 14.3. The largest absolute Gasteiger partial charge is 0.481 e. The van der Waals surface area contributed by atoms with Crippen LogP contribution in [0.5, 0.6) is 0 Å². The highest BCUT2D eigenvalue weighted by atomic mass is 32.2. The van der Waals surface area contributed by atoms with E-state index >= 15 is 0 Å². The van der Waals surface area contributed by atoms with E-state index < -0.39 is 5.97 Å². The van der Waals surface area contributed by atoms with Crippen molar-refractivity contribution in [2.75, 3.05) is 24.6 Å². The lowest BCUT2D eigenvalue weighted by atomic mass is 9.94. The van der Waals surface area contributed by atoms with E-state index in [-0.39, 0.29) is 12.5 Å². The molecule has 0 aromatic carbocycles. The number of carbonyl (C=O) groups is 2. The molecule has 0 spiro atoms. The van der Waals surface area contributed by atoms with Gasteiger partial charge in [0.15, 0.2) is 0 Å². The minimum absolute atomic E-state index is 0.150. The fourth-order valence-corrected chi connectivity index (χ4v) is 2.60. The molecular weight excluding hydrogens is 288 g/mol. The van der Waals surface area contributed by atoms with Gasteiger partial charge in [0.2, 0.25) is 0 Å². The lowest BCUT2D eigenvalue weighted by Gasteiger charge is -2.15. The number of carbonyl (C=O) groups excluding carboxylic acids is 1. The Hall–Kier alpha value is -1.17. The molecule has 0 fully saturated rings. The number of urea groups is 1. The van der Waals surface area contributed by atoms with Crippen molar-refractivity contribution in [3.8, 4) is 0 Å². The van der Waals surface area contributed by atoms with Gasteiger partial charge in [0, 0.05) is 31.0 Å². The van der Waals surface area contributed by atoms with Gasteiger partial charge in [-0.2, -0.15) is 11.8 Å².